The van der Waals surface area contributed by atoms with E-state index < -0.39 is 0 Å². The van der Waals surface area contributed by atoms with Crippen LogP contribution in [0.1, 0.15) is 0 Å². The molecule has 0 aliphatic heterocycles. The molecule has 0 fully saturated rings. The third-order valence-corrected chi connectivity index (χ3v) is 9.46. The van der Waals surface area contributed by atoms with Crippen molar-refractivity contribution in [3.63, 3.8) is 0 Å². The number of fused-ring (bicyclic) bond motifs is 5. The van der Waals surface area contributed by atoms with Crippen LogP contribution in [-0.2, 0) is 0 Å². The van der Waals surface area contributed by atoms with Crippen LogP contribution in [-0.4, -0.2) is 24.3 Å². The Balaban J connectivity index is 1.06. The first-order valence-electron chi connectivity index (χ1n) is 15.1. The number of hydrogen-bond donors (Lipinski definition) is 0. The van der Waals surface area contributed by atoms with Crippen LogP contribution in [0.4, 0.5) is 0 Å². The zero-order valence-corrected chi connectivity index (χ0v) is 25.4. The predicted octanol–water partition coefficient (Wildman–Crippen LogP) is 10.2. The Hall–Kier alpha value is -5.98. The van der Waals surface area contributed by atoms with Crippen molar-refractivity contribution >= 4 is 37.4 Å². The third-order valence-electron chi connectivity index (χ3n) is 8.30. The summed E-state index contributed by atoms with van der Waals surface area (Å²) in [7, 11) is 0. The number of nitrogens with zero attached hydrogens (tertiary/aromatic N) is 5. The summed E-state index contributed by atoms with van der Waals surface area (Å²) in [6.45, 7) is 0. The van der Waals surface area contributed by atoms with Gasteiger partial charge in [0.05, 0.1) is 0 Å². The Morgan fingerprint density at radius 1 is 0.413 bits per heavy atom. The maximum Gasteiger partial charge on any atom is 0.164 e. The Bertz CT molecular complexity index is 2460. The van der Waals surface area contributed by atoms with Crippen molar-refractivity contribution < 1.29 is 0 Å². The highest BCUT2D eigenvalue weighted by atomic mass is 32.1. The Morgan fingerprint density at radius 2 is 0.957 bits per heavy atom. The summed E-state index contributed by atoms with van der Waals surface area (Å²) in [6.07, 6.45) is 2.13. The van der Waals surface area contributed by atoms with Crippen LogP contribution < -0.4 is 0 Å². The van der Waals surface area contributed by atoms with Gasteiger partial charge in [-0.25, -0.2) is 19.9 Å². The number of thiophene rings is 1. The topological polar surface area (TPSA) is 56.0 Å². The van der Waals surface area contributed by atoms with E-state index in [9.17, 15) is 0 Å². The highest BCUT2D eigenvalue weighted by Crippen LogP contribution is 2.35. The van der Waals surface area contributed by atoms with Crippen LogP contribution in [0.5, 0.6) is 0 Å². The van der Waals surface area contributed by atoms with Gasteiger partial charge >= 0.3 is 0 Å². The molecule has 0 aliphatic carbocycles. The van der Waals surface area contributed by atoms with E-state index in [1.54, 1.807) is 11.3 Å². The number of imidazole rings is 1. The minimum absolute atomic E-state index is 0.645. The molecule has 0 saturated heterocycles. The first kappa shape index (κ1) is 26.4. The number of rotatable bonds is 5. The molecule has 6 heteroatoms. The summed E-state index contributed by atoms with van der Waals surface area (Å²) in [5, 5.41) is 1.21. The van der Waals surface area contributed by atoms with Gasteiger partial charge < -0.3 is 0 Å². The second-order valence-corrected chi connectivity index (χ2v) is 12.2. The van der Waals surface area contributed by atoms with Gasteiger partial charge in [-0.3, -0.25) is 4.40 Å². The first-order valence-corrected chi connectivity index (χ1v) is 16.0. The van der Waals surface area contributed by atoms with Crippen molar-refractivity contribution in [1.82, 2.24) is 24.3 Å². The molecule has 4 aromatic heterocycles. The largest absolute Gasteiger partial charge is 0.291 e. The maximum absolute atomic E-state index is 5.00. The van der Waals surface area contributed by atoms with Crippen LogP contribution >= 0.6 is 11.3 Å². The normalized spacial score (nSPS) is 11.5. The van der Waals surface area contributed by atoms with Crippen molar-refractivity contribution in [1.29, 1.82) is 0 Å². The number of aromatic nitrogens is 5. The van der Waals surface area contributed by atoms with E-state index in [2.05, 4.69) is 95.5 Å². The predicted molar refractivity (Wildman–Crippen MR) is 189 cm³/mol. The molecule has 9 rings (SSSR count). The van der Waals surface area contributed by atoms with E-state index in [0.29, 0.717) is 17.5 Å². The Labute approximate surface area is 269 Å². The number of benzene rings is 5. The lowest BCUT2D eigenvalue weighted by Gasteiger charge is -2.10. The van der Waals surface area contributed by atoms with Crippen LogP contribution in [0.2, 0.25) is 0 Å². The second kappa shape index (κ2) is 10.9. The smallest absolute Gasteiger partial charge is 0.164 e. The summed E-state index contributed by atoms with van der Waals surface area (Å²) >= 11 is 1.79. The average molecular weight is 608 g/mol. The fraction of sp³-hybridized carbons (Fsp3) is 0. The lowest BCUT2D eigenvalue weighted by atomic mass is 9.99. The van der Waals surface area contributed by atoms with Gasteiger partial charge in [-0.05, 0) is 46.5 Å². The molecule has 0 radical (unpaired) electrons. The average Bonchev–Trinajstić information content (AvgIpc) is 3.68. The molecule has 0 spiro atoms. The van der Waals surface area contributed by atoms with E-state index in [1.807, 2.05) is 60.7 Å². The third kappa shape index (κ3) is 4.64. The molecule has 5 aromatic carbocycles. The van der Waals surface area contributed by atoms with Crippen LogP contribution in [0, 0.1) is 0 Å². The molecule has 216 valence electrons. The van der Waals surface area contributed by atoms with E-state index in [4.69, 9.17) is 19.9 Å². The summed E-state index contributed by atoms with van der Waals surface area (Å²) in [5.74, 6) is 1.95. The molecule has 0 unspecified atom stereocenters. The summed E-state index contributed by atoms with van der Waals surface area (Å²) in [4.78, 5) is 20.8. The monoisotopic (exact) mass is 607 g/mol. The highest BCUT2D eigenvalue weighted by molar-refractivity contribution is 7.25. The zero-order chi connectivity index (χ0) is 30.5. The fourth-order valence-electron chi connectivity index (χ4n) is 5.96. The van der Waals surface area contributed by atoms with Crippen LogP contribution in [0.15, 0.2) is 152 Å². The quantitative estimate of drug-likeness (QED) is 0.195. The number of pyridine rings is 1. The molecule has 0 bridgehead atoms. The van der Waals surface area contributed by atoms with Crippen molar-refractivity contribution in [2.75, 3.05) is 0 Å². The van der Waals surface area contributed by atoms with Crippen LogP contribution in [0.25, 0.3) is 82.5 Å². The summed E-state index contributed by atoms with van der Waals surface area (Å²) in [5.41, 5.74) is 9.39. The Morgan fingerprint density at radius 3 is 1.63 bits per heavy atom. The van der Waals surface area contributed by atoms with Gasteiger partial charge in [0.15, 0.2) is 17.5 Å². The van der Waals surface area contributed by atoms with Crippen molar-refractivity contribution in [3.8, 4) is 56.4 Å². The lowest BCUT2D eigenvalue weighted by molar-refractivity contribution is 1.07. The highest BCUT2D eigenvalue weighted by Gasteiger charge is 2.14. The van der Waals surface area contributed by atoms with E-state index in [1.165, 1.54) is 14.9 Å². The second-order valence-electron chi connectivity index (χ2n) is 11.2. The standard InChI is InChI=1S/C40H25N5S/c1-3-10-28(11-4-1)37-42-38(29-12-5-2-6-13-29)44-39(43-37)32-15-9-14-30(24-32)26-18-20-27(21-19-26)31-22-23-45-35(25-31)41-36-33-16-7-8-17-34(33)46-40(36)45/h1-25H. The van der Waals surface area contributed by atoms with Gasteiger partial charge in [-0.1, -0.05) is 121 Å². The fourth-order valence-corrected chi connectivity index (χ4v) is 7.10. The molecular formula is C40H25N5S. The lowest BCUT2D eigenvalue weighted by Crippen LogP contribution is -2.00. The zero-order valence-electron chi connectivity index (χ0n) is 24.6. The molecule has 4 heterocycles. The van der Waals surface area contributed by atoms with Crippen molar-refractivity contribution in [2.45, 2.75) is 0 Å². The molecular weight excluding hydrogens is 583 g/mol. The van der Waals surface area contributed by atoms with Gasteiger partial charge in [-0.15, -0.1) is 11.3 Å². The molecule has 0 amide bonds. The molecule has 9 aromatic rings. The number of hydrogen-bond acceptors (Lipinski definition) is 5. The van der Waals surface area contributed by atoms with Gasteiger partial charge in [0.2, 0.25) is 0 Å². The molecule has 0 N–H and O–H groups in total. The summed E-state index contributed by atoms with van der Waals surface area (Å²) < 4.78 is 3.46. The van der Waals surface area contributed by atoms with E-state index in [0.717, 1.165) is 50.1 Å². The van der Waals surface area contributed by atoms with Gasteiger partial charge in [0.25, 0.3) is 0 Å². The summed E-state index contributed by atoms with van der Waals surface area (Å²) in [6, 6.07) is 50.1. The first-order chi connectivity index (χ1) is 22.8. The minimum atomic E-state index is 0.645. The van der Waals surface area contributed by atoms with Crippen molar-refractivity contribution in [3.05, 3.63) is 152 Å². The van der Waals surface area contributed by atoms with Gasteiger partial charge in [-0.2, -0.15) is 0 Å². The molecule has 0 saturated carbocycles. The van der Waals surface area contributed by atoms with E-state index in [-0.39, 0.29) is 0 Å². The van der Waals surface area contributed by atoms with Gasteiger partial charge in [0.1, 0.15) is 16.0 Å². The molecule has 0 aliphatic rings. The molecule has 5 nitrogen and oxygen atoms in total. The van der Waals surface area contributed by atoms with E-state index >= 15 is 0 Å². The van der Waals surface area contributed by atoms with Crippen molar-refractivity contribution in [2.24, 2.45) is 0 Å². The molecule has 46 heavy (non-hydrogen) atoms. The van der Waals surface area contributed by atoms with Crippen LogP contribution in [0.3, 0.4) is 0 Å². The SMILES string of the molecule is c1ccc(-c2nc(-c3ccccc3)nc(-c3cccc(-c4ccc(-c5ccn6c(c5)nc5c7ccccc7sc56)cc4)c3)n2)cc1. The minimum Gasteiger partial charge on any atom is -0.291 e. The maximum atomic E-state index is 5.00. The van der Waals surface area contributed by atoms with Gasteiger partial charge in [0, 0.05) is 33.0 Å². The molecule has 0 atom stereocenters. The Kier molecular flexibility index (Phi) is 6.25.